The average Bonchev–Trinajstić information content (AvgIpc) is 2.29. The van der Waals surface area contributed by atoms with Gasteiger partial charge in [0.1, 0.15) is 5.75 Å². The van der Waals surface area contributed by atoms with Crippen LogP contribution in [-0.2, 0) is 5.54 Å². The molecule has 0 unspecified atom stereocenters. The molecule has 0 spiro atoms. The van der Waals surface area contributed by atoms with Crippen molar-refractivity contribution in [2.24, 2.45) is 0 Å². The van der Waals surface area contributed by atoms with Gasteiger partial charge in [-0.3, -0.25) is 0 Å². The molecule has 1 aromatic carbocycles. The number of rotatable bonds is 3. The fourth-order valence-electron chi connectivity index (χ4n) is 3.03. The maximum Gasteiger partial charge on any atom is 0.115 e. The molecule has 0 saturated heterocycles. The van der Waals surface area contributed by atoms with E-state index in [0.29, 0.717) is 11.8 Å². The molecule has 0 bridgehead atoms. The van der Waals surface area contributed by atoms with Crippen LogP contribution in [0.1, 0.15) is 51.5 Å². The first-order valence-corrected chi connectivity index (χ1v) is 6.70. The average molecular weight is 233 g/mol. The molecule has 1 aromatic rings. The number of phenols is 1. The number of hydrogen-bond donors (Lipinski definition) is 2. The van der Waals surface area contributed by atoms with Gasteiger partial charge in [0, 0.05) is 11.6 Å². The zero-order chi connectivity index (χ0) is 12.3. The summed E-state index contributed by atoms with van der Waals surface area (Å²) in [6, 6.07) is 8.22. The van der Waals surface area contributed by atoms with Gasteiger partial charge in [-0.15, -0.1) is 0 Å². The Hall–Kier alpha value is -1.02. The van der Waals surface area contributed by atoms with Crippen LogP contribution in [0.4, 0.5) is 0 Å². The molecule has 0 radical (unpaired) electrons. The maximum atomic E-state index is 9.66. The Morgan fingerprint density at radius 3 is 2.47 bits per heavy atom. The lowest BCUT2D eigenvalue weighted by Crippen LogP contribution is -2.47. The van der Waals surface area contributed by atoms with Gasteiger partial charge in [-0.05, 0) is 30.5 Å². The first-order valence-electron chi connectivity index (χ1n) is 6.70. The number of nitrogens with one attached hydrogen (secondary N) is 1. The summed E-state index contributed by atoms with van der Waals surface area (Å²) >= 11 is 0. The summed E-state index contributed by atoms with van der Waals surface area (Å²) in [6.45, 7) is 4.39. The Kier molecular flexibility index (Phi) is 3.72. The van der Waals surface area contributed by atoms with Gasteiger partial charge in [0.2, 0.25) is 0 Å². The topological polar surface area (TPSA) is 32.3 Å². The molecule has 2 nitrogen and oxygen atoms in total. The van der Waals surface area contributed by atoms with Crippen LogP contribution in [0.25, 0.3) is 0 Å². The van der Waals surface area contributed by atoms with Crippen molar-refractivity contribution in [1.29, 1.82) is 0 Å². The monoisotopic (exact) mass is 233 g/mol. The van der Waals surface area contributed by atoms with E-state index in [1.54, 1.807) is 6.07 Å². The lowest BCUT2D eigenvalue weighted by Gasteiger charge is -2.40. The summed E-state index contributed by atoms with van der Waals surface area (Å²) in [5.41, 5.74) is 1.32. The van der Waals surface area contributed by atoms with Crippen LogP contribution >= 0.6 is 0 Å². The zero-order valence-electron chi connectivity index (χ0n) is 10.9. The van der Waals surface area contributed by atoms with Gasteiger partial charge in [-0.1, -0.05) is 45.2 Å². The highest BCUT2D eigenvalue weighted by Crippen LogP contribution is 2.38. The van der Waals surface area contributed by atoms with E-state index in [0.717, 1.165) is 0 Å². The molecule has 2 heteroatoms. The summed E-state index contributed by atoms with van der Waals surface area (Å²) in [4.78, 5) is 0. The fourth-order valence-corrected chi connectivity index (χ4v) is 3.03. The standard InChI is InChI=1S/C15H23NO/c1-12(2)16-15(9-4-3-5-10-15)13-7-6-8-14(17)11-13/h6-8,11-12,16-17H,3-5,9-10H2,1-2H3. The number of benzene rings is 1. The quantitative estimate of drug-likeness (QED) is 0.836. The Morgan fingerprint density at radius 2 is 1.88 bits per heavy atom. The summed E-state index contributed by atoms with van der Waals surface area (Å²) in [5, 5.41) is 13.4. The first kappa shape index (κ1) is 12.4. The van der Waals surface area contributed by atoms with Crippen molar-refractivity contribution in [3.8, 4) is 5.75 Å². The second kappa shape index (κ2) is 5.09. The van der Waals surface area contributed by atoms with Gasteiger partial charge in [0.05, 0.1) is 0 Å². The lowest BCUT2D eigenvalue weighted by molar-refractivity contribution is 0.216. The highest BCUT2D eigenvalue weighted by Gasteiger charge is 2.34. The van der Waals surface area contributed by atoms with Gasteiger partial charge in [-0.2, -0.15) is 0 Å². The summed E-state index contributed by atoms with van der Waals surface area (Å²) in [5.74, 6) is 0.373. The molecule has 1 aliphatic carbocycles. The number of aromatic hydroxyl groups is 1. The van der Waals surface area contributed by atoms with Crippen molar-refractivity contribution >= 4 is 0 Å². The van der Waals surface area contributed by atoms with Crippen molar-refractivity contribution in [2.75, 3.05) is 0 Å². The lowest BCUT2D eigenvalue weighted by atomic mass is 9.76. The van der Waals surface area contributed by atoms with E-state index in [9.17, 15) is 5.11 Å². The largest absolute Gasteiger partial charge is 0.508 e. The molecule has 1 fully saturated rings. The van der Waals surface area contributed by atoms with Crippen molar-refractivity contribution in [1.82, 2.24) is 5.32 Å². The smallest absolute Gasteiger partial charge is 0.115 e. The van der Waals surface area contributed by atoms with Gasteiger partial charge < -0.3 is 10.4 Å². The highest BCUT2D eigenvalue weighted by atomic mass is 16.3. The third kappa shape index (κ3) is 2.81. The van der Waals surface area contributed by atoms with Crippen molar-refractivity contribution in [2.45, 2.75) is 57.5 Å². The van der Waals surface area contributed by atoms with E-state index >= 15 is 0 Å². The minimum Gasteiger partial charge on any atom is -0.508 e. The van der Waals surface area contributed by atoms with Gasteiger partial charge in [0.25, 0.3) is 0 Å². The van der Waals surface area contributed by atoms with E-state index in [1.165, 1.54) is 37.7 Å². The molecule has 0 amide bonds. The normalized spacial score (nSPS) is 19.5. The molecular formula is C15H23NO. The molecule has 0 aliphatic heterocycles. The minimum absolute atomic E-state index is 0.0746. The predicted molar refractivity (Wildman–Crippen MR) is 71.1 cm³/mol. The minimum atomic E-state index is 0.0746. The maximum absolute atomic E-state index is 9.66. The first-order chi connectivity index (χ1) is 8.12. The summed E-state index contributed by atoms with van der Waals surface area (Å²) in [6.07, 6.45) is 6.23. The van der Waals surface area contributed by atoms with E-state index in [2.05, 4.69) is 25.2 Å². The Balaban J connectivity index is 2.31. The van der Waals surface area contributed by atoms with Crippen molar-refractivity contribution < 1.29 is 5.11 Å². The van der Waals surface area contributed by atoms with Crippen molar-refractivity contribution in [3.05, 3.63) is 29.8 Å². The molecule has 2 N–H and O–H groups in total. The molecule has 0 heterocycles. The zero-order valence-corrected chi connectivity index (χ0v) is 10.9. The van der Waals surface area contributed by atoms with E-state index in [4.69, 9.17) is 0 Å². The van der Waals surface area contributed by atoms with Crippen LogP contribution in [0.5, 0.6) is 5.75 Å². The molecular weight excluding hydrogens is 210 g/mol. The number of phenolic OH excluding ortho intramolecular Hbond substituents is 1. The Bertz CT molecular complexity index is 367. The van der Waals surface area contributed by atoms with Crippen LogP contribution in [0.2, 0.25) is 0 Å². The molecule has 1 saturated carbocycles. The second-order valence-electron chi connectivity index (χ2n) is 5.49. The molecule has 94 valence electrons. The summed E-state index contributed by atoms with van der Waals surface area (Å²) in [7, 11) is 0. The highest BCUT2D eigenvalue weighted by molar-refractivity contribution is 5.33. The van der Waals surface area contributed by atoms with Crippen LogP contribution in [0, 0.1) is 0 Å². The Labute approximate surface area is 104 Å². The third-order valence-corrected chi connectivity index (χ3v) is 3.67. The SMILES string of the molecule is CC(C)NC1(c2cccc(O)c2)CCCCC1. The van der Waals surface area contributed by atoms with Crippen LogP contribution in [0.15, 0.2) is 24.3 Å². The van der Waals surface area contributed by atoms with Crippen molar-refractivity contribution in [3.63, 3.8) is 0 Å². The Morgan fingerprint density at radius 1 is 1.18 bits per heavy atom. The third-order valence-electron chi connectivity index (χ3n) is 3.67. The van der Waals surface area contributed by atoms with Crippen LogP contribution < -0.4 is 5.32 Å². The van der Waals surface area contributed by atoms with E-state index in [1.807, 2.05) is 12.1 Å². The fraction of sp³-hybridized carbons (Fsp3) is 0.600. The van der Waals surface area contributed by atoms with Crippen LogP contribution in [-0.4, -0.2) is 11.1 Å². The van der Waals surface area contributed by atoms with Gasteiger partial charge in [0.15, 0.2) is 0 Å². The predicted octanol–water partition coefficient (Wildman–Crippen LogP) is 3.55. The van der Waals surface area contributed by atoms with E-state index in [-0.39, 0.29) is 5.54 Å². The molecule has 17 heavy (non-hydrogen) atoms. The van der Waals surface area contributed by atoms with E-state index < -0.39 is 0 Å². The van der Waals surface area contributed by atoms with Crippen LogP contribution in [0.3, 0.4) is 0 Å². The summed E-state index contributed by atoms with van der Waals surface area (Å²) < 4.78 is 0. The number of hydrogen-bond acceptors (Lipinski definition) is 2. The van der Waals surface area contributed by atoms with Gasteiger partial charge in [-0.25, -0.2) is 0 Å². The second-order valence-corrected chi connectivity index (χ2v) is 5.49. The molecule has 0 atom stereocenters. The molecule has 0 aromatic heterocycles. The molecule has 2 rings (SSSR count). The van der Waals surface area contributed by atoms with Gasteiger partial charge >= 0.3 is 0 Å². The molecule has 1 aliphatic rings.